The fourth-order valence-electron chi connectivity index (χ4n) is 1.59. The number of furan rings is 1. The first-order valence-corrected chi connectivity index (χ1v) is 6.63. The van der Waals surface area contributed by atoms with Crippen LogP contribution in [0.25, 0.3) is 0 Å². The molecule has 0 saturated heterocycles. The van der Waals surface area contributed by atoms with Crippen LogP contribution in [0.4, 0.5) is 11.4 Å². The van der Waals surface area contributed by atoms with Crippen LogP contribution in [0.5, 0.6) is 0 Å². The monoisotopic (exact) mass is 272 g/mol. The molecule has 4 nitrogen and oxygen atoms in total. The number of hydrogen-bond acceptors (Lipinski definition) is 3. The third-order valence-electron chi connectivity index (χ3n) is 2.87. The molecule has 0 fully saturated rings. The number of rotatable bonds is 4. The summed E-state index contributed by atoms with van der Waals surface area (Å²) in [4.78, 5) is 11.9. The van der Waals surface area contributed by atoms with Crippen molar-refractivity contribution < 1.29 is 9.21 Å². The maximum Gasteiger partial charge on any atom is 0.229 e. The standard InChI is InChI=1S/C16H20N2O2/c1-16(2,3)15(19)18-13-8-6-12(7-9-13)17-11-14-5-4-10-20-14/h4-10,17H,11H2,1-3H3,(H,18,19). The van der Waals surface area contributed by atoms with E-state index in [1.54, 1.807) is 6.26 Å². The van der Waals surface area contributed by atoms with Gasteiger partial charge in [-0.1, -0.05) is 20.8 Å². The van der Waals surface area contributed by atoms with Gasteiger partial charge in [0, 0.05) is 16.8 Å². The molecule has 0 atom stereocenters. The van der Waals surface area contributed by atoms with Gasteiger partial charge in [-0.3, -0.25) is 4.79 Å². The summed E-state index contributed by atoms with van der Waals surface area (Å²) in [6, 6.07) is 11.4. The zero-order chi connectivity index (χ0) is 14.6. The normalized spacial score (nSPS) is 11.2. The highest BCUT2D eigenvalue weighted by molar-refractivity contribution is 5.94. The van der Waals surface area contributed by atoms with Crippen LogP contribution in [0.1, 0.15) is 26.5 Å². The van der Waals surface area contributed by atoms with Crippen LogP contribution in [0.15, 0.2) is 47.1 Å². The van der Waals surface area contributed by atoms with Gasteiger partial charge in [0.05, 0.1) is 12.8 Å². The van der Waals surface area contributed by atoms with Crippen molar-refractivity contribution in [1.29, 1.82) is 0 Å². The molecule has 2 aromatic rings. The highest BCUT2D eigenvalue weighted by Gasteiger charge is 2.20. The lowest BCUT2D eigenvalue weighted by Crippen LogP contribution is -2.27. The van der Waals surface area contributed by atoms with Gasteiger partial charge in [0.1, 0.15) is 5.76 Å². The van der Waals surface area contributed by atoms with Crippen molar-refractivity contribution in [3.05, 3.63) is 48.4 Å². The van der Waals surface area contributed by atoms with Crippen molar-refractivity contribution in [2.75, 3.05) is 10.6 Å². The Labute approximate surface area is 119 Å². The van der Waals surface area contributed by atoms with E-state index in [4.69, 9.17) is 4.42 Å². The van der Waals surface area contributed by atoms with Crippen molar-refractivity contribution in [3.63, 3.8) is 0 Å². The molecule has 1 aromatic carbocycles. The van der Waals surface area contributed by atoms with Gasteiger partial charge in [-0.05, 0) is 36.4 Å². The van der Waals surface area contributed by atoms with E-state index in [0.717, 1.165) is 17.1 Å². The number of benzene rings is 1. The van der Waals surface area contributed by atoms with Crippen molar-refractivity contribution in [1.82, 2.24) is 0 Å². The van der Waals surface area contributed by atoms with E-state index in [9.17, 15) is 4.79 Å². The second-order valence-electron chi connectivity index (χ2n) is 5.71. The highest BCUT2D eigenvalue weighted by Crippen LogP contribution is 2.19. The number of carbonyl (C=O) groups is 1. The molecule has 106 valence electrons. The highest BCUT2D eigenvalue weighted by atomic mass is 16.3. The molecule has 0 saturated carbocycles. The molecule has 0 bridgehead atoms. The van der Waals surface area contributed by atoms with Gasteiger partial charge in [0.2, 0.25) is 5.91 Å². The van der Waals surface area contributed by atoms with Crippen LogP contribution in [0.3, 0.4) is 0 Å². The molecule has 0 radical (unpaired) electrons. The van der Waals surface area contributed by atoms with Gasteiger partial charge in [0.15, 0.2) is 0 Å². The van der Waals surface area contributed by atoms with E-state index in [1.807, 2.05) is 57.2 Å². The van der Waals surface area contributed by atoms with E-state index in [2.05, 4.69) is 10.6 Å². The van der Waals surface area contributed by atoms with E-state index >= 15 is 0 Å². The van der Waals surface area contributed by atoms with Crippen LogP contribution in [0, 0.1) is 5.41 Å². The fourth-order valence-corrected chi connectivity index (χ4v) is 1.59. The Balaban J connectivity index is 1.91. The fraction of sp³-hybridized carbons (Fsp3) is 0.312. The summed E-state index contributed by atoms with van der Waals surface area (Å²) in [6.45, 7) is 6.31. The van der Waals surface area contributed by atoms with E-state index in [-0.39, 0.29) is 5.91 Å². The summed E-state index contributed by atoms with van der Waals surface area (Å²) < 4.78 is 5.25. The van der Waals surface area contributed by atoms with E-state index in [0.29, 0.717) is 6.54 Å². The quantitative estimate of drug-likeness (QED) is 0.888. The average molecular weight is 272 g/mol. The molecular formula is C16H20N2O2. The molecule has 1 heterocycles. The summed E-state index contributed by atoms with van der Waals surface area (Å²) >= 11 is 0. The molecule has 0 aliphatic rings. The lowest BCUT2D eigenvalue weighted by molar-refractivity contribution is -0.123. The van der Waals surface area contributed by atoms with E-state index < -0.39 is 5.41 Å². The topological polar surface area (TPSA) is 54.3 Å². The predicted molar refractivity (Wildman–Crippen MR) is 80.6 cm³/mol. The summed E-state index contributed by atoms with van der Waals surface area (Å²) in [7, 11) is 0. The first-order chi connectivity index (χ1) is 9.45. The minimum absolute atomic E-state index is 0.00814. The number of carbonyl (C=O) groups excluding carboxylic acids is 1. The maximum absolute atomic E-state index is 11.9. The number of nitrogens with one attached hydrogen (secondary N) is 2. The van der Waals surface area contributed by atoms with E-state index in [1.165, 1.54) is 0 Å². The maximum atomic E-state index is 11.9. The first-order valence-electron chi connectivity index (χ1n) is 6.63. The molecule has 0 spiro atoms. The number of amides is 1. The van der Waals surface area contributed by atoms with Crippen molar-refractivity contribution in [2.45, 2.75) is 27.3 Å². The molecule has 4 heteroatoms. The van der Waals surface area contributed by atoms with Crippen molar-refractivity contribution in [2.24, 2.45) is 5.41 Å². The Morgan fingerprint density at radius 1 is 1.10 bits per heavy atom. The van der Waals surface area contributed by atoms with Gasteiger partial charge < -0.3 is 15.1 Å². The van der Waals surface area contributed by atoms with Gasteiger partial charge in [0.25, 0.3) is 0 Å². The van der Waals surface area contributed by atoms with Crippen LogP contribution in [-0.2, 0) is 11.3 Å². The Morgan fingerprint density at radius 2 is 1.75 bits per heavy atom. The van der Waals surface area contributed by atoms with Crippen molar-refractivity contribution >= 4 is 17.3 Å². The molecule has 0 aliphatic heterocycles. The van der Waals surface area contributed by atoms with Gasteiger partial charge in [-0.15, -0.1) is 0 Å². The van der Waals surface area contributed by atoms with Gasteiger partial charge in [-0.2, -0.15) is 0 Å². The van der Waals surface area contributed by atoms with Gasteiger partial charge in [-0.25, -0.2) is 0 Å². The molecule has 0 aliphatic carbocycles. The van der Waals surface area contributed by atoms with Crippen LogP contribution < -0.4 is 10.6 Å². The Kier molecular flexibility index (Phi) is 4.13. The molecule has 0 unspecified atom stereocenters. The lowest BCUT2D eigenvalue weighted by atomic mass is 9.95. The summed E-state index contributed by atoms with van der Waals surface area (Å²) in [5, 5.41) is 6.14. The zero-order valence-electron chi connectivity index (χ0n) is 12.1. The number of hydrogen-bond donors (Lipinski definition) is 2. The molecule has 1 aromatic heterocycles. The SMILES string of the molecule is CC(C)(C)C(=O)Nc1ccc(NCc2ccco2)cc1. The molecule has 2 N–H and O–H groups in total. The minimum Gasteiger partial charge on any atom is -0.467 e. The smallest absolute Gasteiger partial charge is 0.229 e. The third-order valence-corrected chi connectivity index (χ3v) is 2.87. The van der Waals surface area contributed by atoms with Gasteiger partial charge >= 0.3 is 0 Å². The Bertz CT molecular complexity index is 551. The number of anilines is 2. The summed E-state index contributed by atoms with van der Waals surface area (Å²) in [6.07, 6.45) is 1.65. The molecule has 2 rings (SSSR count). The molecular weight excluding hydrogens is 252 g/mol. The molecule has 20 heavy (non-hydrogen) atoms. The summed E-state index contributed by atoms with van der Waals surface area (Å²) in [5.41, 5.74) is 1.39. The van der Waals surface area contributed by atoms with Crippen LogP contribution >= 0.6 is 0 Å². The Morgan fingerprint density at radius 3 is 2.30 bits per heavy atom. The zero-order valence-corrected chi connectivity index (χ0v) is 12.1. The first kappa shape index (κ1) is 14.2. The Hall–Kier alpha value is -2.23. The van der Waals surface area contributed by atoms with Crippen molar-refractivity contribution in [3.8, 4) is 0 Å². The van der Waals surface area contributed by atoms with Crippen LogP contribution in [-0.4, -0.2) is 5.91 Å². The van der Waals surface area contributed by atoms with Crippen LogP contribution in [0.2, 0.25) is 0 Å². The lowest BCUT2D eigenvalue weighted by Gasteiger charge is -2.17. The third kappa shape index (κ3) is 3.88. The average Bonchev–Trinajstić information content (AvgIpc) is 2.90. The largest absolute Gasteiger partial charge is 0.467 e. The predicted octanol–water partition coefficient (Wildman–Crippen LogP) is 3.88. The summed E-state index contributed by atoms with van der Waals surface area (Å²) in [5.74, 6) is 0.893. The second-order valence-corrected chi connectivity index (χ2v) is 5.71. The minimum atomic E-state index is -0.393. The molecule has 1 amide bonds. The second kappa shape index (κ2) is 5.82.